The monoisotopic (exact) mass is 378 g/mol. The van der Waals surface area contributed by atoms with Crippen LogP contribution in [0.2, 0.25) is 0 Å². The first-order valence-corrected chi connectivity index (χ1v) is 8.80. The van der Waals surface area contributed by atoms with Crippen LogP contribution < -0.4 is 20.8 Å². The van der Waals surface area contributed by atoms with Gasteiger partial charge in [0.05, 0.1) is 11.1 Å². The summed E-state index contributed by atoms with van der Waals surface area (Å²) >= 11 is 0. The Hall–Kier alpha value is -3.61. The van der Waals surface area contributed by atoms with Crippen LogP contribution in [0.15, 0.2) is 45.6 Å². The zero-order valence-corrected chi connectivity index (χ0v) is 15.6. The van der Waals surface area contributed by atoms with E-state index in [2.05, 4.69) is 10.6 Å². The zero-order chi connectivity index (χ0) is 20.0. The summed E-state index contributed by atoms with van der Waals surface area (Å²) in [5.41, 5.74) is 2.73. The van der Waals surface area contributed by atoms with Gasteiger partial charge < -0.3 is 19.8 Å². The molecule has 3 aromatic rings. The van der Waals surface area contributed by atoms with E-state index in [9.17, 15) is 14.4 Å². The molecule has 142 valence electrons. The third kappa shape index (κ3) is 3.11. The Morgan fingerprint density at radius 3 is 2.68 bits per heavy atom. The highest BCUT2D eigenvalue weighted by Gasteiger charge is 2.24. The van der Waals surface area contributed by atoms with Crippen molar-refractivity contribution in [2.24, 2.45) is 0 Å². The van der Waals surface area contributed by atoms with E-state index in [0.717, 1.165) is 11.1 Å². The number of carbonyl (C=O) groups excluding carboxylic acids is 2. The van der Waals surface area contributed by atoms with Crippen molar-refractivity contribution < 1.29 is 18.7 Å². The maximum atomic E-state index is 12.6. The molecule has 0 saturated heterocycles. The van der Waals surface area contributed by atoms with Gasteiger partial charge in [0.15, 0.2) is 17.3 Å². The number of ether oxygens (including phenoxy) is 1. The Labute approximate surface area is 160 Å². The molecule has 7 nitrogen and oxygen atoms in total. The fourth-order valence-corrected chi connectivity index (χ4v) is 3.26. The molecule has 0 aliphatic carbocycles. The Morgan fingerprint density at radius 2 is 1.89 bits per heavy atom. The average molecular weight is 378 g/mol. The summed E-state index contributed by atoms with van der Waals surface area (Å²) in [6.45, 7) is 5.37. The molecular weight excluding hydrogens is 360 g/mol. The van der Waals surface area contributed by atoms with Crippen LogP contribution >= 0.6 is 0 Å². The molecule has 1 aromatic heterocycles. The molecule has 2 N–H and O–H groups in total. The molecule has 0 bridgehead atoms. The third-order valence-electron chi connectivity index (χ3n) is 4.56. The number of carbonyl (C=O) groups is 2. The number of benzene rings is 2. The smallest absolute Gasteiger partial charge is 0.291 e. The van der Waals surface area contributed by atoms with Crippen molar-refractivity contribution in [3.8, 4) is 5.75 Å². The van der Waals surface area contributed by atoms with Crippen LogP contribution in [0.1, 0.15) is 28.6 Å². The molecule has 0 spiro atoms. The Morgan fingerprint density at radius 1 is 1.11 bits per heavy atom. The van der Waals surface area contributed by atoms with Crippen molar-refractivity contribution in [3.05, 3.63) is 63.5 Å². The molecule has 0 fully saturated rings. The fourth-order valence-electron chi connectivity index (χ4n) is 3.26. The van der Waals surface area contributed by atoms with E-state index < -0.39 is 12.0 Å². The number of fused-ring (bicyclic) bond motifs is 2. The van der Waals surface area contributed by atoms with Gasteiger partial charge in [-0.05, 0) is 56.2 Å². The van der Waals surface area contributed by atoms with Crippen molar-refractivity contribution in [1.82, 2.24) is 0 Å². The van der Waals surface area contributed by atoms with Gasteiger partial charge in [0.25, 0.3) is 11.8 Å². The predicted molar refractivity (Wildman–Crippen MR) is 105 cm³/mol. The molecule has 1 aliphatic heterocycles. The lowest BCUT2D eigenvalue weighted by molar-refractivity contribution is -0.122. The lowest BCUT2D eigenvalue weighted by atomic mass is 10.1. The predicted octanol–water partition coefficient (Wildman–Crippen LogP) is 3.38. The minimum absolute atomic E-state index is 0.0888. The first-order valence-electron chi connectivity index (χ1n) is 8.80. The third-order valence-corrected chi connectivity index (χ3v) is 4.56. The van der Waals surface area contributed by atoms with Crippen molar-refractivity contribution in [2.75, 3.05) is 10.6 Å². The highest BCUT2D eigenvalue weighted by atomic mass is 16.5. The van der Waals surface area contributed by atoms with Gasteiger partial charge in [-0.3, -0.25) is 14.4 Å². The lowest BCUT2D eigenvalue weighted by Gasteiger charge is -2.23. The second-order valence-electron chi connectivity index (χ2n) is 6.84. The minimum atomic E-state index is -0.577. The summed E-state index contributed by atoms with van der Waals surface area (Å²) in [4.78, 5) is 36.8. The van der Waals surface area contributed by atoms with Gasteiger partial charge in [-0.25, -0.2) is 0 Å². The SMILES string of the molecule is Cc1cc(C)c2c(=O)cc(C(=O)Nc3ccc4c(c3)NC(=O)[C@@H](C)O4)oc2c1. The first kappa shape index (κ1) is 17.8. The molecule has 28 heavy (non-hydrogen) atoms. The van der Waals surface area contributed by atoms with E-state index in [4.69, 9.17) is 9.15 Å². The number of aryl methyl sites for hydroxylation is 2. The van der Waals surface area contributed by atoms with Gasteiger partial charge in [0.1, 0.15) is 11.3 Å². The molecule has 0 unspecified atom stereocenters. The van der Waals surface area contributed by atoms with Crippen LogP contribution in [0.25, 0.3) is 11.0 Å². The van der Waals surface area contributed by atoms with E-state index in [1.54, 1.807) is 31.2 Å². The normalized spacial score (nSPS) is 15.5. The van der Waals surface area contributed by atoms with Gasteiger partial charge in [-0.1, -0.05) is 6.07 Å². The quantitative estimate of drug-likeness (QED) is 0.712. The molecule has 7 heteroatoms. The summed E-state index contributed by atoms with van der Waals surface area (Å²) < 4.78 is 11.2. The summed E-state index contributed by atoms with van der Waals surface area (Å²) in [5.74, 6) is -0.390. The first-order chi connectivity index (χ1) is 13.3. The standard InChI is InChI=1S/C21H18N2O5/c1-10-6-11(2)19-15(24)9-18(28-17(19)7-10)21(26)22-13-4-5-16-14(8-13)23-20(25)12(3)27-16/h4-9,12H,1-3H3,(H,22,26)(H,23,25)/t12-/m1/s1. The lowest BCUT2D eigenvalue weighted by Crippen LogP contribution is -2.34. The Bertz CT molecular complexity index is 1200. The maximum absolute atomic E-state index is 12.6. The van der Waals surface area contributed by atoms with E-state index in [0.29, 0.717) is 28.1 Å². The highest BCUT2D eigenvalue weighted by Crippen LogP contribution is 2.32. The zero-order valence-electron chi connectivity index (χ0n) is 15.6. The van der Waals surface area contributed by atoms with Crippen molar-refractivity contribution in [3.63, 3.8) is 0 Å². The van der Waals surface area contributed by atoms with E-state index in [1.807, 2.05) is 19.9 Å². The van der Waals surface area contributed by atoms with Gasteiger partial charge in [-0.15, -0.1) is 0 Å². The molecule has 1 atom stereocenters. The minimum Gasteiger partial charge on any atom is -0.479 e. The van der Waals surface area contributed by atoms with Crippen molar-refractivity contribution in [1.29, 1.82) is 0 Å². The summed E-state index contributed by atoms with van der Waals surface area (Å²) in [6.07, 6.45) is -0.577. The van der Waals surface area contributed by atoms with Gasteiger partial charge in [0, 0.05) is 11.8 Å². The molecule has 2 amide bonds. The van der Waals surface area contributed by atoms with E-state index in [-0.39, 0.29) is 17.1 Å². The van der Waals surface area contributed by atoms with Crippen molar-refractivity contribution >= 4 is 34.2 Å². The van der Waals surface area contributed by atoms with Crippen LogP contribution in [0.3, 0.4) is 0 Å². The second-order valence-corrected chi connectivity index (χ2v) is 6.84. The molecule has 2 heterocycles. The molecular formula is C21H18N2O5. The highest BCUT2D eigenvalue weighted by molar-refractivity contribution is 6.04. The second kappa shape index (κ2) is 6.53. The van der Waals surface area contributed by atoms with E-state index in [1.165, 1.54) is 6.07 Å². The molecule has 4 rings (SSSR count). The summed E-state index contributed by atoms with van der Waals surface area (Å²) in [6, 6.07) is 9.70. The number of amides is 2. The summed E-state index contributed by atoms with van der Waals surface area (Å²) in [5, 5.41) is 5.86. The number of anilines is 2. The number of hydrogen-bond donors (Lipinski definition) is 2. The molecule has 0 radical (unpaired) electrons. The maximum Gasteiger partial charge on any atom is 0.291 e. The molecule has 1 aliphatic rings. The van der Waals surface area contributed by atoms with Gasteiger partial charge in [-0.2, -0.15) is 0 Å². The van der Waals surface area contributed by atoms with Crippen LogP contribution in [0, 0.1) is 13.8 Å². The Balaban J connectivity index is 1.65. The number of rotatable bonds is 2. The molecule has 0 saturated carbocycles. The van der Waals surface area contributed by atoms with Gasteiger partial charge >= 0.3 is 0 Å². The topological polar surface area (TPSA) is 97.6 Å². The van der Waals surface area contributed by atoms with Crippen LogP contribution in [0.5, 0.6) is 5.75 Å². The van der Waals surface area contributed by atoms with E-state index >= 15 is 0 Å². The average Bonchev–Trinajstić information content (AvgIpc) is 2.62. The van der Waals surface area contributed by atoms with Crippen LogP contribution in [-0.4, -0.2) is 17.9 Å². The number of hydrogen-bond acceptors (Lipinski definition) is 5. The summed E-state index contributed by atoms with van der Waals surface area (Å²) in [7, 11) is 0. The van der Waals surface area contributed by atoms with Crippen molar-refractivity contribution in [2.45, 2.75) is 26.9 Å². The van der Waals surface area contributed by atoms with Crippen LogP contribution in [-0.2, 0) is 4.79 Å². The Kier molecular flexibility index (Phi) is 4.15. The molecule has 2 aromatic carbocycles. The van der Waals surface area contributed by atoms with Gasteiger partial charge in [0.2, 0.25) is 0 Å². The number of nitrogens with one attached hydrogen (secondary N) is 2. The fraction of sp³-hybridized carbons (Fsp3) is 0.190. The largest absolute Gasteiger partial charge is 0.479 e. The van der Waals surface area contributed by atoms with Crippen LogP contribution in [0.4, 0.5) is 11.4 Å².